The average Bonchev–Trinajstić information content (AvgIpc) is 2.84. The molecule has 0 amide bonds. The molecule has 1 N–H and O–H groups in total. The Hall–Kier alpha value is -1.61. The molecule has 0 bridgehead atoms. The summed E-state index contributed by atoms with van der Waals surface area (Å²) in [6.07, 6.45) is 7.18. The van der Waals surface area contributed by atoms with Gasteiger partial charge in [0.25, 0.3) is 0 Å². The van der Waals surface area contributed by atoms with Gasteiger partial charge in [0.1, 0.15) is 5.82 Å². The van der Waals surface area contributed by atoms with Crippen LogP contribution in [0.3, 0.4) is 0 Å². The van der Waals surface area contributed by atoms with E-state index in [2.05, 4.69) is 52.1 Å². The van der Waals surface area contributed by atoms with Gasteiger partial charge in [-0.2, -0.15) is 0 Å². The van der Waals surface area contributed by atoms with E-state index in [0.717, 1.165) is 18.8 Å². The fraction of sp³-hybridized carbons (Fsp3) is 0.438. The molecule has 0 saturated carbocycles. The van der Waals surface area contributed by atoms with Crippen molar-refractivity contribution in [2.24, 2.45) is 7.05 Å². The van der Waals surface area contributed by atoms with Crippen molar-refractivity contribution in [2.45, 2.75) is 32.2 Å². The Labute approximate surface area is 115 Å². The Morgan fingerprint density at radius 1 is 1.26 bits per heavy atom. The van der Waals surface area contributed by atoms with E-state index in [1.54, 1.807) is 0 Å². The second kappa shape index (κ2) is 7.10. The van der Waals surface area contributed by atoms with Crippen LogP contribution in [0.4, 0.5) is 0 Å². The highest BCUT2D eigenvalue weighted by atomic mass is 15.0. The summed E-state index contributed by atoms with van der Waals surface area (Å²) in [4.78, 5) is 4.35. The third-order valence-electron chi connectivity index (χ3n) is 3.44. The van der Waals surface area contributed by atoms with E-state index in [9.17, 15) is 0 Å². The van der Waals surface area contributed by atoms with Crippen molar-refractivity contribution in [2.75, 3.05) is 6.54 Å². The highest BCUT2D eigenvalue weighted by molar-refractivity contribution is 5.18. The van der Waals surface area contributed by atoms with Gasteiger partial charge in [-0.3, -0.25) is 0 Å². The van der Waals surface area contributed by atoms with Crippen molar-refractivity contribution in [1.29, 1.82) is 0 Å². The Morgan fingerprint density at radius 2 is 2.05 bits per heavy atom. The zero-order valence-electron chi connectivity index (χ0n) is 11.8. The largest absolute Gasteiger partial charge is 0.338 e. The fourth-order valence-corrected chi connectivity index (χ4v) is 2.36. The molecular formula is C16H23N3. The minimum absolute atomic E-state index is 0.450. The molecule has 3 nitrogen and oxygen atoms in total. The molecule has 2 aromatic rings. The first-order valence-electron chi connectivity index (χ1n) is 7.05. The third kappa shape index (κ3) is 3.93. The number of aromatic nitrogens is 2. The summed E-state index contributed by atoms with van der Waals surface area (Å²) >= 11 is 0. The highest BCUT2D eigenvalue weighted by Gasteiger charge is 2.09. The number of hydrogen-bond acceptors (Lipinski definition) is 2. The van der Waals surface area contributed by atoms with Crippen LogP contribution >= 0.6 is 0 Å². The molecule has 0 aliphatic heterocycles. The summed E-state index contributed by atoms with van der Waals surface area (Å²) in [5.41, 5.74) is 1.38. The summed E-state index contributed by atoms with van der Waals surface area (Å²) < 4.78 is 2.08. The molecule has 0 aliphatic carbocycles. The third-order valence-corrected chi connectivity index (χ3v) is 3.44. The summed E-state index contributed by atoms with van der Waals surface area (Å²) in [6, 6.07) is 11.1. The molecule has 1 atom stereocenters. The zero-order valence-corrected chi connectivity index (χ0v) is 11.8. The monoisotopic (exact) mass is 257 g/mol. The van der Waals surface area contributed by atoms with Gasteiger partial charge in [0.2, 0.25) is 0 Å². The topological polar surface area (TPSA) is 29.9 Å². The lowest BCUT2D eigenvalue weighted by molar-refractivity contribution is 0.492. The molecule has 0 radical (unpaired) electrons. The van der Waals surface area contributed by atoms with E-state index in [1.165, 1.54) is 18.4 Å². The SMILES string of the molecule is CCCC(NCCc1nccn1C)c1ccccc1. The molecule has 1 aromatic heterocycles. The number of imidazole rings is 1. The summed E-state index contributed by atoms with van der Waals surface area (Å²) in [6.45, 7) is 3.20. The predicted molar refractivity (Wildman–Crippen MR) is 79.0 cm³/mol. The van der Waals surface area contributed by atoms with Crippen LogP contribution in [0.15, 0.2) is 42.7 Å². The molecular weight excluding hydrogens is 234 g/mol. The molecule has 0 aliphatic rings. The van der Waals surface area contributed by atoms with Crippen molar-refractivity contribution < 1.29 is 0 Å². The van der Waals surface area contributed by atoms with E-state index in [4.69, 9.17) is 0 Å². The van der Waals surface area contributed by atoms with Crippen LogP contribution in [0.1, 0.15) is 37.2 Å². The van der Waals surface area contributed by atoms with Crippen molar-refractivity contribution in [3.63, 3.8) is 0 Å². The number of hydrogen-bond donors (Lipinski definition) is 1. The normalized spacial score (nSPS) is 12.5. The number of nitrogens with one attached hydrogen (secondary N) is 1. The van der Waals surface area contributed by atoms with Crippen molar-refractivity contribution in [3.05, 3.63) is 54.1 Å². The molecule has 102 valence electrons. The maximum Gasteiger partial charge on any atom is 0.109 e. The minimum atomic E-state index is 0.450. The number of nitrogens with zero attached hydrogens (tertiary/aromatic N) is 2. The molecule has 3 heteroatoms. The highest BCUT2D eigenvalue weighted by Crippen LogP contribution is 2.17. The van der Waals surface area contributed by atoms with Gasteiger partial charge in [-0.25, -0.2) is 4.98 Å². The average molecular weight is 257 g/mol. The first-order valence-corrected chi connectivity index (χ1v) is 7.05. The van der Waals surface area contributed by atoms with Crippen LogP contribution in [0, 0.1) is 0 Å². The second-order valence-electron chi connectivity index (χ2n) is 4.91. The number of aryl methyl sites for hydroxylation is 1. The number of benzene rings is 1. The lowest BCUT2D eigenvalue weighted by atomic mass is 10.0. The van der Waals surface area contributed by atoms with Gasteiger partial charge in [-0.05, 0) is 12.0 Å². The fourth-order valence-electron chi connectivity index (χ4n) is 2.36. The van der Waals surface area contributed by atoms with Crippen molar-refractivity contribution in [3.8, 4) is 0 Å². The maximum absolute atomic E-state index is 4.35. The standard InChI is InChI=1S/C16H23N3/c1-3-7-15(14-8-5-4-6-9-14)17-11-10-16-18-12-13-19(16)2/h4-6,8-9,12-13,15,17H,3,7,10-11H2,1-2H3. The molecule has 1 aromatic carbocycles. The van der Waals surface area contributed by atoms with Gasteiger partial charge >= 0.3 is 0 Å². The van der Waals surface area contributed by atoms with Gasteiger partial charge in [0, 0.05) is 38.4 Å². The second-order valence-corrected chi connectivity index (χ2v) is 4.91. The van der Waals surface area contributed by atoms with Gasteiger partial charge < -0.3 is 9.88 Å². The van der Waals surface area contributed by atoms with Gasteiger partial charge in [-0.1, -0.05) is 43.7 Å². The molecule has 1 heterocycles. The van der Waals surface area contributed by atoms with Crippen LogP contribution < -0.4 is 5.32 Å². The first-order chi connectivity index (χ1) is 9.31. The minimum Gasteiger partial charge on any atom is -0.338 e. The number of rotatable bonds is 7. The maximum atomic E-state index is 4.35. The van der Waals surface area contributed by atoms with Crippen LogP contribution in [-0.2, 0) is 13.5 Å². The van der Waals surface area contributed by atoms with E-state index < -0.39 is 0 Å². The van der Waals surface area contributed by atoms with Gasteiger partial charge in [0.05, 0.1) is 0 Å². The van der Waals surface area contributed by atoms with E-state index in [0.29, 0.717) is 6.04 Å². The Kier molecular flexibility index (Phi) is 5.16. The van der Waals surface area contributed by atoms with Crippen LogP contribution in [0.25, 0.3) is 0 Å². The van der Waals surface area contributed by atoms with Crippen LogP contribution in [0.5, 0.6) is 0 Å². The zero-order chi connectivity index (χ0) is 13.5. The van der Waals surface area contributed by atoms with Crippen molar-refractivity contribution in [1.82, 2.24) is 14.9 Å². The molecule has 19 heavy (non-hydrogen) atoms. The Bertz CT molecular complexity index is 476. The smallest absolute Gasteiger partial charge is 0.109 e. The summed E-state index contributed by atoms with van der Waals surface area (Å²) in [5, 5.41) is 3.65. The van der Waals surface area contributed by atoms with E-state index in [1.807, 2.05) is 19.4 Å². The van der Waals surface area contributed by atoms with Crippen molar-refractivity contribution >= 4 is 0 Å². The first kappa shape index (κ1) is 13.8. The summed E-state index contributed by atoms with van der Waals surface area (Å²) in [7, 11) is 2.04. The molecule has 1 unspecified atom stereocenters. The quantitative estimate of drug-likeness (QED) is 0.826. The Balaban J connectivity index is 1.89. The van der Waals surface area contributed by atoms with Crippen LogP contribution in [0.2, 0.25) is 0 Å². The van der Waals surface area contributed by atoms with Gasteiger partial charge in [-0.15, -0.1) is 0 Å². The molecule has 0 fully saturated rings. The molecule has 0 spiro atoms. The lowest BCUT2D eigenvalue weighted by Gasteiger charge is -2.18. The Morgan fingerprint density at radius 3 is 2.68 bits per heavy atom. The summed E-state index contributed by atoms with van der Waals surface area (Å²) in [5.74, 6) is 1.14. The van der Waals surface area contributed by atoms with E-state index >= 15 is 0 Å². The van der Waals surface area contributed by atoms with Gasteiger partial charge in [0.15, 0.2) is 0 Å². The van der Waals surface area contributed by atoms with E-state index in [-0.39, 0.29) is 0 Å². The predicted octanol–water partition coefficient (Wildman–Crippen LogP) is 3.09. The lowest BCUT2D eigenvalue weighted by Crippen LogP contribution is -2.24. The molecule has 2 rings (SSSR count). The van der Waals surface area contributed by atoms with Crippen LogP contribution in [-0.4, -0.2) is 16.1 Å². The molecule has 0 saturated heterocycles.